The third-order valence-electron chi connectivity index (χ3n) is 4.81. The Balaban J connectivity index is 2.29. The molecule has 0 aliphatic carbocycles. The van der Waals surface area contributed by atoms with E-state index >= 15 is 0 Å². The first-order valence-corrected chi connectivity index (χ1v) is 10.7. The number of benzene rings is 1. The van der Waals surface area contributed by atoms with Crippen molar-refractivity contribution in [2.24, 2.45) is 10.8 Å². The monoisotopic (exact) mass is 334 g/mol. The number of unbranched alkanes of at least 4 members (excludes halogenated alkanes) is 1. The van der Waals surface area contributed by atoms with Crippen LogP contribution in [0.15, 0.2) is 30.3 Å². The second-order valence-corrected chi connectivity index (χ2v) is 10.6. The second kappa shape index (κ2) is 9.03. The minimum absolute atomic E-state index is 0.345. The van der Waals surface area contributed by atoms with Gasteiger partial charge in [-0.05, 0) is 48.1 Å². The van der Waals surface area contributed by atoms with Crippen LogP contribution in [-0.2, 0) is 10.8 Å². The van der Waals surface area contributed by atoms with Crippen molar-refractivity contribution in [3.05, 3.63) is 35.9 Å². The molecule has 1 rings (SSSR count). The highest BCUT2D eigenvalue weighted by molar-refractivity contribution is 6.30. The van der Waals surface area contributed by atoms with Gasteiger partial charge < -0.3 is 4.43 Å². The quantitative estimate of drug-likeness (QED) is 0.433. The average molecular weight is 335 g/mol. The molecule has 1 atom stereocenters. The summed E-state index contributed by atoms with van der Waals surface area (Å²) >= 11 is 0. The van der Waals surface area contributed by atoms with Crippen LogP contribution in [0.1, 0.15) is 73.3 Å². The van der Waals surface area contributed by atoms with E-state index in [0.717, 1.165) is 0 Å². The second-order valence-electron chi connectivity index (χ2n) is 9.16. The molecule has 0 aromatic heterocycles. The SMILES string of the molecule is CC(CCCCc1ccccc1)O[SiH2]C(C(C)(C)C)C(C)(C)C. The third kappa shape index (κ3) is 8.17. The van der Waals surface area contributed by atoms with Gasteiger partial charge in [0.1, 0.15) is 0 Å². The van der Waals surface area contributed by atoms with Crippen LogP contribution >= 0.6 is 0 Å². The lowest BCUT2D eigenvalue weighted by atomic mass is 9.77. The lowest BCUT2D eigenvalue weighted by molar-refractivity contribution is 0.169. The van der Waals surface area contributed by atoms with E-state index in [1.165, 1.54) is 31.2 Å². The van der Waals surface area contributed by atoms with Crippen LogP contribution in [0.25, 0.3) is 0 Å². The van der Waals surface area contributed by atoms with E-state index in [2.05, 4.69) is 78.8 Å². The van der Waals surface area contributed by atoms with Gasteiger partial charge in [0.15, 0.2) is 9.76 Å². The molecule has 0 amide bonds. The van der Waals surface area contributed by atoms with E-state index in [-0.39, 0.29) is 0 Å². The molecule has 0 fully saturated rings. The van der Waals surface area contributed by atoms with Gasteiger partial charge in [0, 0.05) is 6.10 Å². The fraction of sp³-hybridized carbons (Fsp3) is 0.714. The molecule has 0 saturated carbocycles. The highest BCUT2D eigenvalue weighted by atomic mass is 28.2. The Bertz CT molecular complexity index is 413. The van der Waals surface area contributed by atoms with E-state index in [1.54, 1.807) is 0 Å². The van der Waals surface area contributed by atoms with Gasteiger partial charge in [-0.15, -0.1) is 0 Å². The maximum absolute atomic E-state index is 6.35. The molecule has 0 radical (unpaired) electrons. The number of aryl methyl sites for hydroxylation is 1. The molecule has 2 heteroatoms. The van der Waals surface area contributed by atoms with E-state index in [4.69, 9.17) is 4.43 Å². The van der Waals surface area contributed by atoms with Crippen molar-refractivity contribution in [2.75, 3.05) is 0 Å². The Morgan fingerprint density at radius 3 is 2.00 bits per heavy atom. The highest BCUT2D eigenvalue weighted by Crippen LogP contribution is 2.44. The molecule has 0 aliphatic rings. The fourth-order valence-corrected chi connectivity index (χ4v) is 5.24. The van der Waals surface area contributed by atoms with Crippen LogP contribution in [0.5, 0.6) is 0 Å². The van der Waals surface area contributed by atoms with Crippen LogP contribution < -0.4 is 0 Å². The zero-order chi connectivity index (χ0) is 17.5. The Morgan fingerprint density at radius 1 is 0.913 bits per heavy atom. The van der Waals surface area contributed by atoms with Gasteiger partial charge in [-0.3, -0.25) is 0 Å². The maximum Gasteiger partial charge on any atom is 0.166 e. The van der Waals surface area contributed by atoms with E-state index < -0.39 is 9.76 Å². The van der Waals surface area contributed by atoms with Gasteiger partial charge in [0.25, 0.3) is 0 Å². The average Bonchev–Trinajstić information content (AvgIpc) is 2.42. The fourth-order valence-electron chi connectivity index (χ4n) is 3.55. The molecule has 1 unspecified atom stereocenters. The van der Waals surface area contributed by atoms with Crippen LogP contribution in [0, 0.1) is 10.8 Å². The zero-order valence-electron chi connectivity index (χ0n) is 16.5. The highest BCUT2D eigenvalue weighted by Gasteiger charge is 2.35. The van der Waals surface area contributed by atoms with Crippen LogP contribution in [-0.4, -0.2) is 15.9 Å². The van der Waals surface area contributed by atoms with Crippen molar-refractivity contribution in [2.45, 2.75) is 85.8 Å². The summed E-state index contributed by atoms with van der Waals surface area (Å²) in [5.74, 6) is 0. The molecule has 0 spiro atoms. The Morgan fingerprint density at radius 2 is 1.48 bits per heavy atom. The van der Waals surface area contributed by atoms with Gasteiger partial charge in [-0.1, -0.05) is 78.3 Å². The van der Waals surface area contributed by atoms with Crippen molar-refractivity contribution in [1.29, 1.82) is 0 Å². The topological polar surface area (TPSA) is 9.23 Å². The minimum atomic E-state index is -0.515. The molecule has 132 valence electrons. The molecular weight excluding hydrogens is 296 g/mol. The Hall–Kier alpha value is -0.603. The summed E-state index contributed by atoms with van der Waals surface area (Å²) in [7, 11) is -0.515. The molecule has 23 heavy (non-hydrogen) atoms. The molecule has 1 aromatic carbocycles. The molecule has 0 N–H and O–H groups in total. The molecule has 0 bridgehead atoms. The van der Waals surface area contributed by atoms with E-state index in [0.29, 0.717) is 22.5 Å². The van der Waals surface area contributed by atoms with Gasteiger partial charge in [-0.25, -0.2) is 0 Å². The summed E-state index contributed by atoms with van der Waals surface area (Å²) in [5, 5.41) is 0. The van der Waals surface area contributed by atoms with E-state index in [9.17, 15) is 0 Å². The normalized spacial score (nSPS) is 14.8. The maximum atomic E-state index is 6.35. The first kappa shape index (κ1) is 20.4. The number of rotatable bonds is 8. The van der Waals surface area contributed by atoms with E-state index in [1.807, 2.05) is 0 Å². The van der Waals surface area contributed by atoms with Crippen molar-refractivity contribution < 1.29 is 4.43 Å². The summed E-state index contributed by atoms with van der Waals surface area (Å²) in [4.78, 5) is 0. The van der Waals surface area contributed by atoms with Crippen molar-refractivity contribution in [3.8, 4) is 0 Å². The first-order chi connectivity index (χ1) is 10.6. The molecule has 1 aromatic rings. The molecule has 0 saturated heterocycles. The lowest BCUT2D eigenvalue weighted by Crippen LogP contribution is -2.34. The van der Waals surface area contributed by atoms with Gasteiger partial charge in [0.2, 0.25) is 0 Å². The third-order valence-corrected chi connectivity index (χ3v) is 8.35. The van der Waals surface area contributed by atoms with Crippen molar-refractivity contribution in [3.63, 3.8) is 0 Å². The zero-order valence-corrected chi connectivity index (χ0v) is 17.9. The first-order valence-electron chi connectivity index (χ1n) is 9.26. The largest absolute Gasteiger partial charge is 0.421 e. The number of hydrogen-bond donors (Lipinski definition) is 0. The summed E-state index contributed by atoms with van der Waals surface area (Å²) < 4.78 is 6.35. The predicted octanol–water partition coefficient (Wildman–Crippen LogP) is 5.77. The molecule has 0 aliphatic heterocycles. The number of hydrogen-bond acceptors (Lipinski definition) is 1. The molecular formula is C21H38OSi. The minimum Gasteiger partial charge on any atom is -0.421 e. The predicted molar refractivity (Wildman–Crippen MR) is 106 cm³/mol. The van der Waals surface area contributed by atoms with Gasteiger partial charge in [-0.2, -0.15) is 0 Å². The summed E-state index contributed by atoms with van der Waals surface area (Å²) in [6.07, 6.45) is 5.34. The summed E-state index contributed by atoms with van der Waals surface area (Å²) in [5.41, 5.74) is 2.85. The Labute approximate surface area is 147 Å². The van der Waals surface area contributed by atoms with Crippen LogP contribution in [0.3, 0.4) is 0 Å². The van der Waals surface area contributed by atoms with Gasteiger partial charge >= 0.3 is 0 Å². The molecule has 0 heterocycles. The lowest BCUT2D eigenvalue weighted by Gasteiger charge is -2.40. The smallest absolute Gasteiger partial charge is 0.166 e. The standard InChI is InChI=1S/C21H38OSi/c1-17(13-11-12-16-18-14-9-8-10-15-18)22-23-19(20(2,3)4)21(5,6)7/h8-10,14-15,17,19H,11-13,16,23H2,1-7H3. The Kier molecular flexibility index (Phi) is 8.03. The summed E-state index contributed by atoms with van der Waals surface area (Å²) in [6, 6.07) is 10.8. The van der Waals surface area contributed by atoms with Crippen LogP contribution in [0.4, 0.5) is 0 Å². The summed E-state index contributed by atoms with van der Waals surface area (Å²) in [6.45, 7) is 16.5. The van der Waals surface area contributed by atoms with Crippen molar-refractivity contribution >= 4 is 9.76 Å². The van der Waals surface area contributed by atoms with Crippen LogP contribution in [0.2, 0.25) is 5.54 Å². The molecule has 1 nitrogen and oxygen atoms in total. The van der Waals surface area contributed by atoms with Crippen molar-refractivity contribution in [1.82, 2.24) is 0 Å². The van der Waals surface area contributed by atoms with Gasteiger partial charge in [0.05, 0.1) is 0 Å².